The number of benzene rings is 1. The first kappa shape index (κ1) is 9.10. The normalized spacial score (nSPS) is 16.6. The summed E-state index contributed by atoms with van der Waals surface area (Å²) in [6.07, 6.45) is 5.82. The maximum Gasteiger partial charge on any atom is 0.0208 e. The molecule has 1 heterocycles. The van der Waals surface area contributed by atoms with E-state index < -0.39 is 0 Å². The van der Waals surface area contributed by atoms with Crippen LogP contribution in [0.15, 0.2) is 23.1 Å². The molecule has 1 nitrogen and oxygen atoms in total. The third-order valence-electron chi connectivity index (χ3n) is 2.59. The Morgan fingerprint density at radius 3 is 2.85 bits per heavy atom. The molecular formula is C11H17NS. The van der Waals surface area contributed by atoms with Crippen molar-refractivity contribution < 1.29 is 0 Å². The average molecular weight is 195 g/mol. The largest absolute Gasteiger partial charge is 0.312 e. The van der Waals surface area contributed by atoms with Crippen LogP contribution in [0.4, 0.5) is 0 Å². The van der Waals surface area contributed by atoms with Gasteiger partial charge in [-0.3, -0.25) is 0 Å². The molecule has 1 aliphatic heterocycles. The summed E-state index contributed by atoms with van der Waals surface area (Å²) >= 11 is 0. The number of hydrogen-bond donors (Lipinski definition) is 2. The quantitative estimate of drug-likeness (QED) is 0.653. The van der Waals surface area contributed by atoms with Crippen molar-refractivity contribution in [3.8, 4) is 0 Å². The summed E-state index contributed by atoms with van der Waals surface area (Å²) in [6.45, 7) is 2.20. The lowest BCUT2D eigenvalue weighted by Crippen LogP contribution is -2.23. The van der Waals surface area contributed by atoms with Crippen molar-refractivity contribution in [3.63, 3.8) is 0 Å². The van der Waals surface area contributed by atoms with Crippen molar-refractivity contribution in [2.45, 2.75) is 17.9 Å². The molecule has 0 atom stereocenters. The number of nitrogens with one attached hydrogen (secondary N) is 1. The van der Waals surface area contributed by atoms with Crippen molar-refractivity contribution in [1.82, 2.24) is 5.32 Å². The highest BCUT2D eigenvalue weighted by atomic mass is 32.2. The van der Waals surface area contributed by atoms with E-state index in [0.717, 1.165) is 13.1 Å². The highest BCUT2D eigenvalue weighted by Gasteiger charge is 2.08. The summed E-state index contributed by atoms with van der Waals surface area (Å²) in [7, 11) is 0.0614. The van der Waals surface area contributed by atoms with E-state index in [0.29, 0.717) is 0 Å². The predicted molar refractivity (Wildman–Crippen MR) is 61.0 cm³/mol. The Labute approximate surface area is 82.9 Å². The molecule has 0 saturated heterocycles. The van der Waals surface area contributed by atoms with Gasteiger partial charge in [-0.05, 0) is 47.6 Å². The Hall–Kier alpha value is -0.470. The van der Waals surface area contributed by atoms with Crippen LogP contribution in [0.3, 0.4) is 0 Å². The van der Waals surface area contributed by atoms with Gasteiger partial charge in [0.1, 0.15) is 0 Å². The number of hydrogen-bond acceptors (Lipinski definition) is 1. The molecular weight excluding hydrogens is 178 g/mol. The molecule has 0 bridgehead atoms. The zero-order valence-corrected chi connectivity index (χ0v) is 9.20. The molecule has 0 aliphatic carbocycles. The van der Waals surface area contributed by atoms with Gasteiger partial charge < -0.3 is 5.32 Å². The van der Waals surface area contributed by atoms with Gasteiger partial charge in [-0.2, -0.15) is 0 Å². The van der Waals surface area contributed by atoms with Gasteiger partial charge in [0.25, 0.3) is 0 Å². The van der Waals surface area contributed by atoms with E-state index in [1.165, 1.54) is 16.9 Å². The fourth-order valence-electron chi connectivity index (χ4n) is 1.75. The maximum absolute atomic E-state index is 3.41. The highest BCUT2D eigenvalue weighted by Crippen LogP contribution is 2.30. The molecule has 0 amide bonds. The third kappa shape index (κ3) is 1.89. The van der Waals surface area contributed by atoms with Crippen molar-refractivity contribution in [3.05, 3.63) is 29.3 Å². The van der Waals surface area contributed by atoms with Crippen LogP contribution in [0.25, 0.3) is 0 Å². The molecule has 1 N–H and O–H groups in total. The Morgan fingerprint density at radius 1 is 1.23 bits per heavy atom. The average Bonchev–Trinajstić information content (AvgIpc) is 2.17. The number of thiol groups is 1. The van der Waals surface area contributed by atoms with E-state index in [1.54, 1.807) is 5.56 Å². The molecule has 72 valence electrons. The molecule has 0 unspecified atom stereocenters. The van der Waals surface area contributed by atoms with E-state index in [4.69, 9.17) is 0 Å². The number of rotatable bonds is 1. The standard InChI is InChI=1S/C11H17NS/c1-13(2)11-4-3-9-5-6-12-8-10(9)7-11/h3-4,7,12-13H,5-6,8H2,1-2H3. The molecule has 1 aromatic rings. The van der Waals surface area contributed by atoms with Crippen LogP contribution in [-0.4, -0.2) is 19.1 Å². The Kier molecular flexibility index (Phi) is 2.61. The Balaban J connectivity index is 2.35. The predicted octanol–water partition coefficient (Wildman–Crippen LogP) is 1.95. The van der Waals surface area contributed by atoms with Crippen LogP contribution in [0.1, 0.15) is 11.1 Å². The second kappa shape index (κ2) is 3.72. The minimum Gasteiger partial charge on any atom is -0.312 e. The van der Waals surface area contributed by atoms with Crippen molar-refractivity contribution in [2.24, 2.45) is 0 Å². The van der Waals surface area contributed by atoms with Crippen LogP contribution < -0.4 is 5.32 Å². The smallest absolute Gasteiger partial charge is 0.0208 e. The fourth-order valence-corrected chi connectivity index (χ4v) is 2.53. The highest BCUT2D eigenvalue weighted by molar-refractivity contribution is 8.15. The van der Waals surface area contributed by atoms with Gasteiger partial charge in [-0.15, -0.1) is 0 Å². The minimum atomic E-state index is 0.0614. The lowest BCUT2D eigenvalue weighted by Gasteiger charge is -2.19. The topological polar surface area (TPSA) is 12.0 Å². The minimum absolute atomic E-state index is 0.0614. The first-order valence-electron chi connectivity index (χ1n) is 4.77. The van der Waals surface area contributed by atoms with Crippen LogP contribution in [-0.2, 0) is 13.0 Å². The summed E-state index contributed by atoms with van der Waals surface area (Å²) in [5.41, 5.74) is 3.05. The van der Waals surface area contributed by atoms with Crippen LogP contribution >= 0.6 is 10.9 Å². The first-order valence-corrected chi connectivity index (χ1v) is 7.01. The molecule has 0 radical (unpaired) electrons. The van der Waals surface area contributed by atoms with Crippen LogP contribution in [0.5, 0.6) is 0 Å². The zero-order valence-electron chi connectivity index (χ0n) is 8.30. The lowest BCUT2D eigenvalue weighted by atomic mass is 10.0. The van der Waals surface area contributed by atoms with Gasteiger partial charge in [0.2, 0.25) is 0 Å². The van der Waals surface area contributed by atoms with Crippen molar-refractivity contribution >= 4 is 10.9 Å². The molecule has 1 aromatic carbocycles. The van der Waals surface area contributed by atoms with Gasteiger partial charge in [-0.25, -0.2) is 10.9 Å². The second-order valence-electron chi connectivity index (χ2n) is 3.77. The van der Waals surface area contributed by atoms with E-state index in [-0.39, 0.29) is 10.9 Å². The molecule has 13 heavy (non-hydrogen) atoms. The molecule has 1 aliphatic rings. The third-order valence-corrected chi connectivity index (χ3v) is 3.90. The summed E-state index contributed by atoms with van der Waals surface area (Å²) in [6, 6.07) is 7.00. The van der Waals surface area contributed by atoms with E-state index in [1.807, 2.05) is 0 Å². The van der Waals surface area contributed by atoms with Crippen molar-refractivity contribution in [1.29, 1.82) is 0 Å². The maximum atomic E-state index is 3.41. The molecule has 0 aromatic heterocycles. The summed E-state index contributed by atoms with van der Waals surface area (Å²) in [4.78, 5) is 1.53. The second-order valence-corrected chi connectivity index (χ2v) is 6.08. The summed E-state index contributed by atoms with van der Waals surface area (Å²) < 4.78 is 0. The monoisotopic (exact) mass is 195 g/mol. The van der Waals surface area contributed by atoms with Gasteiger partial charge >= 0.3 is 0 Å². The van der Waals surface area contributed by atoms with Gasteiger partial charge in [0, 0.05) is 6.54 Å². The zero-order chi connectivity index (χ0) is 9.26. The fraction of sp³-hybridized carbons (Fsp3) is 0.455. The summed E-state index contributed by atoms with van der Waals surface area (Å²) in [5.74, 6) is 0. The van der Waals surface area contributed by atoms with Gasteiger partial charge in [0.05, 0.1) is 0 Å². The van der Waals surface area contributed by atoms with Gasteiger partial charge in [-0.1, -0.05) is 12.1 Å². The lowest BCUT2D eigenvalue weighted by molar-refractivity contribution is 0.642. The SMILES string of the molecule is C[SH](C)c1ccc2c(c1)CNCC2. The van der Waals surface area contributed by atoms with Gasteiger partial charge in [0.15, 0.2) is 0 Å². The number of fused-ring (bicyclic) bond motifs is 1. The van der Waals surface area contributed by atoms with Crippen LogP contribution in [0, 0.1) is 0 Å². The summed E-state index contributed by atoms with van der Waals surface area (Å²) in [5, 5.41) is 3.41. The molecule has 0 spiro atoms. The first-order chi connectivity index (χ1) is 6.27. The van der Waals surface area contributed by atoms with Crippen LogP contribution in [0.2, 0.25) is 0 Å². The molecule has 0 saturated carbocycles. The molecule has 2 heteroatoms. The van der Waals surface area contributed by atoms with Crippen molar-refractivity contribution in [2.75, 3.05) is 19.1 Å². The molecule has 2 rings (SSSR count). The van der Waals surface area contributed by atoms with E-state index in [9.17, 15) is 0 Å². The Morgan fingerprint density at radius 2 is 2.08 bits per heavy atom. The molecule has 0 fully saturated rings. The Bertz CT molecular complexity index is 307. The van der Waals surface area contributed by atoms with E-state index >= 15 is 0 Å². The van der Waals surface area contributed by atoms with E-state index in [2.05, 4.69) is 36.0 Å².